The van der Waals surface area contributed by atoms with Gasteiger partial charge in [-0.25, -0.2) is 4.68 Å². The lowest BCUT2D eigenvalue weighted by molar-refractivity contribution is -0.127. The molecule has 0 atom stereocenters. The summed E-state index contributed by atoms with van der Waals surface area (Å²) in [6.07, 6.45) is 0. The van der Waals surface area contributed by atoms with Gasteiger partial charge in [0.25, 0.3) is 0 Å². The monoisotopic (exact) mass is 393 g/mol. The van der Waals surface area contributed by atoms with Crippen LogP contribution < -0.4 is 5.84 Å². The largest absolute Gasteiger partial charge is 0.340 e. The summed E-state index contributed by atoms with van der Waals surface area (Å²) in [6.45, 7) is 0.600. The molecule has 1 amide bonds. The first-order valence-corrected chi connectivity index (χ1v) is 9.64. The van der Waals surface area contributed by atoms with E-state index in [1.165, 1.54) is 16.4 Å². The van der Waals surface area contributed by atoms with Crippen LogP contribution in [0, 0.1) is 0 Å². The number of benzene rings is 1. The highest BCUT2D eigenvalue weighted by molar-refractivity contribution is 7.99. The third-order valence-electron chi connectivity index (χ3n) is 3.49. The molecule has 0 saturated carbocycles. The number of hydrogen-bond acceptors (Lipinski definition) is 6. The van der Waals surface area contributed by atoms with E-state index in [0.717, 1.165) is 10.4 Å². The molecule has 9 heteroatoms. The van der Waals surface area contributed by atoms with Crippen LogP contribution in [0.1, 0.15) is 4.88 Å². The summed E-state index contributed by atoms with van der Waals surface area (Å²) in [7, 11) is 1.79. The van der Waals surface area contributed by atoms with Crippen LogP contribution in [0.2, 0.25) is 5.02 Å². The zero-order valence-electron chi connectivity index (χ0n) is 13.4. The second-order valence-corrected chi connectivity index (χ2v) is 7.71. The average molecular weight is 394 g/mol. The van der Waals surface area contributed by atoms with Crippen LogP contribution in [0.15, 0.2) is 46.9 Å². The van der Waals surface area contributed by atoms with E-state index in [-0.39, 0.29) is 11.7 Å². The third kappa shape index (κ3) is 4.33. The molecule has 6 nitrogen and oxygen atoms in total. The summed E-state index contributed by atoms with van der Waals surface area (Å²) >= 11 is 8.79. The smallest absolute Gasteiger partial charge is 0.233 e. The Morgan fingerprint density at radius 3 is 2.76 bits per heavy atom. The number of halogens is 1. The Morgan fingerprint density at radius 2 is 2.08 bits per heavy atom. The van der Waals surface area contributed by atoms with Gasteiger partial charge in [0.2, 0.25) is 11.1 Å². The number of amides is 1. The molecule has 2 aromatic heterocycles. The van der Waals surface area contributed by atoms with Crippen molar-refractivity contribution in [3.63, 3.8) is 0 Å². The van der Waals surface area contributed by atoms with Gasteiger partial charge < -0.3 is 10.7 Å². The quantitative estimate of drug-likeness (QED) is 0.514. The summed E-state index contributed by atoms with van der Waals surface area (Å²) in [4.78, 5) is 15.1. The van der Waals surface area contributed by atoms with Crippen molar-refractivity contribution < 1.29 is 4.79 Å². The van der Waals surface area contributed by atoms with Gasteiger partial charge in [0.05, 0.1) is 12.3 Å². The van der Waals surface area contributed by atoms with Gasteiger partial charge in [-0.05, 0) is 35.7 Å². The fourth-order valence-electron chi connectivity index (χ4n) is 2.13. The molecule has 130 valence electrons. The normalized spacial score (nSPS) is 10.8. The number of thioether (sulfide) groups is 1. The highest BCUT2D eigenvalue weighted by Crippen LogP contribution is 2.23. The number of nitrogens with zero attached hydrogens (tertiary/aromatic N) is 4. The predicted molar refractivity (Wildman–Crippen MR) is 102 cm³/mol. The first-order valence-electron chi connectivity index (χ1n) is 7.40. The Bertz CT molecular complexity index is 848. The van der Waals surface area contributed by atoms with E-state index >= 15 is 0 Å². The molecule has 2 heterocycles. The SMILES string of the molecule is CN(Cc1cccs1)C(=O)CSc1nnc(-c2ccc(Cl)cc2)n1N. The minimum atomic E-state index is 0.00874. The van der Waals surface area contributed by atoms with Crippen LogP contribution >= 0.6 is 34.7 Å². The Kier molecular flexibility index (Phi) is 5.62. The maximum atomic E-state index is 12.3. The zero-order valence-corrected chi connectivity index (χ0v) is 15.8. The molecule has 1 aromatic carbocycles. The number of carbonyl (C=O) groups excluding carboxylic acids is 1. The molecular formula is C16H16ClN5OS2. The van der Waals surface area contributed by atoms with Crippen molar-refractivity contribution in [2.75, 3.05) is 18.6 Å². The minimum Gasteiger partial charge on any atom is -0.340 e. The highest BCUT2D eigenvalue weighted by Gasteiger charge is 2.16. The molecule has 0 spiro atoms. The molecule has 0 aliphatic carbocycles. The van der Waals surface area contributed by atoms with Crippen molar-refractivity contribution in [1.29, 1.82) is 0 Å². The van der Waals surface area contributed by atoms with Crippen LogP contribution in [0.25, 0.3) is 11.4 Å². The van der Waals surface area contributed by atoms with Crippen molar-refractivity contribution in [2.45, 2.75) is 11.7 Å². The van der Waals surface area contributed by atoms with Crippen molar-refractivity contribution in [1.82, 2.24) is 19.8 Å². The lowest BCUT2D eigenvalue weighted by Crippen LogP contribution is -2.27. The van der Waals surface area contributed by atoms with Gasteiger partial charge in [-0.1, -0.05) is 29.4 Å². The van der Waals surface area contributed by atoms with E-state index < -0.39 is 0 Å². The molecule has 0 bridgehead atoms. The van der Waals surface area contributed by atoms with Crippen LogP contribution in [0.3, 0.4) is 0 Å². The topological polar surface area (TPSA) is 77.0 Å². The zero-order chi connectivity index (χ0) is 17.8. The predicted octanol–water partition coefficient (Wildman–Crippen LogP) is 3.12. The molecule has 0 fully saturated rings. The van der Waals surface area contributed by atoms with E-state index in [2.05, 4.69) is 10.2 Å². The lowest BCUT2D eigenvalue weighted by atomic mass is 10.2. The molecule has 0 unspecified atom stereocenters. The van der Waals surface area contributed by atoms with Crippen molar-refractivity contribution in [3.8, 4) is 11.4 Å². The molecule has 3 rings (SSSR count). The molecule has 0 aliphatic heterocycles. The van der Waals surface area contributed by atoms with Gasteiger partial charge in [-0.2, -0.15) is 0 Å². The average Bonchev–Trinajstić information content (AvgIpc) is 3.23. The minimum absolute atomic E-state index is 0.00874. The van der Waals surface area contributed by atoms with Gasteiger partial charge >= 0.3 is 0 Å². The van der Waals surface area contributed by atoms with Crippen molar-refractivity contribution in [2.24, 2.45) is 0 Å². The summed E-state index contributed by atoms with van der Waals surface area (Å²) in [5.74, 6) is 6.84. The van der Waals surface area contributed by atoms with Gasteiger partial charge in [-0.3, -0.25) is 4.79 Å². The number of nitrogens with two attached hydrogens (primary N) is 1. The lowest BCUT2D eigenvalue weighted by Gasteiger charge is -2.15. The van der Waals surface area contributed by atoms with Crippen LogP contribution in [-0.4, -0.2) is 38.5 Å². The van der Waals surface area contributed by atoms with Crippen LogP contribution in [0.5, 0.6) is 0 Å². The molecule has 25 heavy (non-hydrogen) atoms. The summed E-state index contributed by atoms with van der Waals surface area (Å²) in [6, 6.07) is 11.2. The van der Waals surface area contributed by atoms with Crippen molar-refractivity contribution in [3.05, 3.63) is 51.7 Å². The van der Waals surface area contributed by atoms with Gasteiger partial charge in [0, 0.05) is 22.5 Å². The van der Waals surface area contributed by atoms with Crippen LogP contribution in [-0.2, 0) is 11.3 Å². The first-order chi connectivity index (χ1) is 12.0. The maximum absolute atomic E-state index is 12.3. The van der Waals surface area contributed by atoms with E-state index in [1.54, 1.807) is 35.4 Å². The second-order valence-electron chi connectivity index (χ2n) is 5.30. The summed E-state index contributed by atoms with van der Waals surface area (Å²) in [5, 5.41) is 11.3. The van der Waals surface area contributed by atoms with E-state index in [9.17, 15) is 4.79 Å². The molecule has 2 N–H and O–H groups in total. The number of nitrogen functional groups attached to an aromatic ring is 1. The Morgan fingerprint density at radius 1 is 1.32 bits per heavy atom. The van der Waals surface area contributed by atoms with Gasteiger partial charge in [0.1, 0.15) is 0 Å². The number of aromatic nitrogens is 3. The van der Waals surface area contributed by atoms with Gasteiger partial charge in [-0.15, -0.1) is 21.5 Å². The summed E-state index contributed by atoms with van der Waals surface area (Å²) < 4.78 is 1.39. The van der Waals surface area contributed by atoms with E-state index in [0.29, 0.717) is 22.5 Å². The number of rotatable bonds is 6. The Hall–Kier alpha value is -2.03. The van der Waals surface area contributed by atoms with Gasteiger partial charge in [0.15, 0.2) is 5.82 Å². The second kappa shape index (κ2) is 7.90. The fraction of sp³-hybridized carbons (Fsp3) is 0.188. The highest BCUT2D eigenvalue weighted by atomic mass is 35.5. The molecule has 0 radical (unpaired) electrons. The molecular weight excluding hydrogens is 378 g/mol. The number of carbonyl (C=O) groups is 1. The summed E-state index contributed by atoms with van der Waals surface area (Å²) in [5.41, 5.74) is 0.812. The molecule has 0 aliphatic rings. The van der Waals surface area contributed by atoms with Crippen LogP contribution in [0.4, 0.5) is 0 Å². The third-order valence-corrected chi connectivity index (χ3v) is 5.53. The van der Waals surface area contributed by atoms with Crippen molar-refractivity contribution >= 4 is 40.6 Å². The van der Waals surface area contributed by atoms with E-state index in [4.69, 9.17) is 17.4 Å². The molecule has 3 aromatic rings. The maximum Gasteiger partial charge on any atom is 0.233 e. The standard InChI is InChI=1S/C16H16ClN5OS2/c1-21(9-13-3-2-8-24-13)14(23)10-25-16-20-19-15(22(16)18)11-4-6-12(17)7-5-11/h2-8H,9-10,18H2,1H3. The molecule has 0 saturated heterocycles. The first kappa shape index (κ1) is 17.8. The Labute approximate surface area is 158 Å². The fourth-order valence-corrected chi connectivity index (χ4v) is 3.81. The number of hydrogen-bond donors (Lipinski definition) is 1. The Balaban J connectivity index is 1.62. The van der Waals surface area contributed by atoms with E-state index in [1.807, 2.05) is 29.6 Å². The number of thiophene rings is 1.